The fourth-order valence-corrected chi connectivity index (χ4v) is 2.81. The molecule has 24 heavy (non-hydrogen) atoms. The molecule has 0 aliphatic heterocycles. The first-order valence-electron chi connectivity index (χ1n) is 8.41. The number of nitrogens with zero attached hydrogens (tertiary/aromatic N) is 1. The lowest BCUT2D eigenvalue weighted by Gasteiger charge is -2.25. The zero-order valence-electron chi connectivity index (χ0n) is 15.3. The van der Waals surface area contributed by atoms with Crippen molar-refractivity contribution in [3.05, 3.63) is 29.8 Å². The molecule has 136 valence electrons. The molecule has 5 nitrogen and oxygen atoms in total. The summed E-state index contributed by atoms with van der Waals surface area (Å²) in [5.41, 5.74) is 0.858. The monoisotopic (exact) mass is 355 g/mol. The standard InChI is InChI=1S/C18H29NO4S/c1-6-24(21,22)23-17-9-7-8-16(11-17)13-19(12-15(4)5)18(20)10-14(2)3/h7-9,11,14-15H,6,10,12-13H2,1-5H3. The van der Waals surface area contributed by atoms with Gasteiger partial charge in [-0.3, -0.25) is 4.79 Å². The van der Waals surface area contributed by atoms with Crippen molar-refractivity contribution >= 4 is 16.0 Å². The lowest BCUT2D eigenvalue weighted by molar-refractivity contribution is -0.133. The highest BCUT2D eigenvalue weighted by Crippen LogP contribution is 2.18. The molecule has 0 saturated carbocycles. The van der Waals surface area contributed by atoms with Gasteiger partial charge >= 0.3 is 10.1 Å². The number of carbonyl (C=O) groups is 1. The highest BCUT2D eigenvalue weighted by atomic mass is 32.2. The summed E-state index contributed by atoms with van der Waals surface area (Å²) in [7, 11) is -3.55. The van der Waals surface area contributed by atoms with E-state index in [9.17, 15) is 13.2 Å². The highest BCUT2D eigenvalue weighted by Gasteiger charge is 2.17. The molecule has 0 radical (unpaired) electrons. The van der Waals surface area contributed by atoms with Crippen LogP contribution in [0.25, 0.3) is 0 Å². The van der Waals surface area contributed by atoms with Gasteiger partial charge in [-0.25, -0.2) is 0 Å². The van der Waals surface area contributed by atoms with Crippen LogP contribution in [0.1, 0.15) is 46.6 Å². The molecule has 1 amide bonds. The molecule has 0 N–H and O–H groups in total. The molecule has 1 rings (SSSR count). The van der Waals surface area contributed by atoms with Crippen LogP contribution < -0.4 is 4.18 Å². The molecule has 0 aliphatic rings. The summed E-state index contributed by atoms with van der Waals surface area (Å²) in [5.74, 6) is 0.989. The van der Waals surface area contributed by atoms with Crippen molar-refractivity contribution in [3.8, 4) is 5.75 Å². The van der Waals surface area contributed by atoms with Gasteiger partial charge in [0.15, 0.2) is 0 Å². The second-order valence-corrected chi connectivity index (χ2v) is 8.70. The Hall–Kier alpha value is -1.56. The zero-order chi connectivity index (χ0) is 18.3. The van der Waals surface area contributed by atoms with Crippen LogP contribution in [0.15, 0.2) is 24.3 Å². The molecule has 0 fully saturated rings. The van der Waals surface area contributed by atoms with Crippen LogP contribution >= 0.6 is 0 Å². The summed E-state index contributed by atoms with van der Waals surface area (Å²) in [6, 6.07) is 6.92. The van der Waals surface area contributed by atoms with Crippen LogP contribution in [-0.4, -0.2) is 31.5 Å². The van der Waals surface area contributed by atoms with Crippen molar-refractivity contribution in [1.29, 1.82) is 0 Å². The highest BCUT2D eigenvalue weighted by molar-refractivity contribution is 7.87. The van der Waals surface area contributed by atoms with Gasteiger partial charge in [0.25, 0.3) is 0 Å². The average molecular weight is 356 g/mol. The van der Waals surface area contributed by atoms with E-state index in [1.807, 2.05) is 24.8 Å². The smallest absolute Gasteiger partial charge is 0.308 e. The Kier molecular flexibility index (Phi) is 7.73. The second-order valence-electron chi connectivity index (χ2n) is 6.84. The molecule has 0 unspecified atom stereocenters. The van der Waals surface area contributed by atoms with Gasteiger partial charge in [-0.1, -0.05) is 39.8 Å². The van der Waals surface area contributed by atoms with Crippen molar-refractivity contribution in [3.63, 3.8) is 0 Å². The van der Waals surface area contributed by atoms with Crippen molar-refractivity contribution in [1.82, 2.24) is 4.90 Å². The Morgan fingerprint density at radius 2 is 1.83 bits per heavy atom. The fraction of sp³-hybridized carbons (Fsp3) is 0.611. The first kappa shape index (κ1) is 20.5. The number of amides is 1. The molecule has 0 atom stereocenters. The van der Waals surface area contributed by atoms with Gasteiger partial charge in [-0.05, 0) is 36.5 Å². The molecule has 1 aromatic carbocycles. The summed E-state index contributed by atoms with van der Waals surface area (Å²) in [6.07, 6.45) is 0.507. The van der Waals surface area contributed by atoms with Gasteiger partial charge in [0, 0.05) is 19.5 Å². The summed E-state index contributed by atoms with van der Waals surface area (Å²) in [4.78, 5) is 14.3. The van der Waals surface area contributed by atoms with Crippen LogP contribution in [0, 0.1) is 11.8 Å². The molecule has 0 aromatic heterocycles. The predicted molar refractivity (Wildman–Crippen MR) is 96.2 cm³/mol. The van der Waals surface area contributed by atoms with E-state index < -0.39 is 10.1 Å². The Labute approximate surface area is 146 Å². The SMILES string of the molecule is CCS(=O)(=O)Oc1cccc(CN(CC(C)C)C(=O)CC(C)C)c1. The zero-order valence-corrected chi connectivity index (χ0v) is 16.1. The first-order chi connectivity index (χ1) is 11.1. The Bertz CT molecular complexity index is 638. The molecule has 6 heteroatoms. The van der Waals surface area contributed by atoms with Crippen LogP contribution in [0.2, 0.25) is 0 Å². The van der Waals surface area contributed by atoms with Crippen molar-refractivity contribution in [2.75, 3.05) is 12.3 Å². The topological polar surface area (TPSA) is 63.7 Å². The van der Waals surface area contributed by atoms with E-state index in [2.05, 4.69) is 13.8 Å². The van der Waals surface area contributed by atoms with E-state index in [1.54, 1.807) is 18.2 Å². The lowest BCUT2D eigenvalue weighted by atomic mass is 10.1. The minimum atomic E-state index is -3.55. The quantitative estimate of drug-likeness (QED) is 0.637. The van der Waals surface area contributed by atoms with Crippen LogP contribution in [0.3, 0.4) is 0 Å². The third kappa shape index (κ3) is 7.34. The summed E-state index contributed by atoms with van der Waals surface area (Å²) >= 11 is 0. The van der Waals surface area contributed by atoms with Crippen LogP contribution in [0.4, 0.5) is 0 Å². The number of carbonyl (C=O) groups excluding carboxylic acids is 1. The van der Waals surface area contributed by atoms with E-state index in [1.165, 1.54) is 6.92 Å². The number of hydrogen-bond donors (Lipinski definition) is 0. The number of benzene rings is 1. The van der Waals surface area contributed by atoms with Crippen LogP contribution in [0.5, 0.6) is 5.75 Å². The van der Waals surface area contributed by atoms with Crippen molar-refractivity contribution < 1.29 is 17.4 Å². The van der Waals surface area contributed by atoms with E-state index in [0.29, 0.717) is 31.3 Å². The Morgan fingerprint density at radius 3 is 2.38 bits per heavy atom. The largest absolute Gasteiger partial charge is 0.382 e. The van der Waals surface area contributed by atoms with E-state index in [0.717, 1.165) is 5.56 Å². The first-order valence-corrected chi connectivity index (χ1v) is 9.99. The van der Waals surface area contributed by atoms with Gasteiger partial charge in [-0.15, -0.1) is 0 Å². The molecule has 0 aliphatic carbocycles. The third-order valence-corrected chi connectivity index (χ3v) is 4.52. The average Bonchev–Trinajstić information content (AvgIpc) is 2.45. The Morgan fingerprint density at radius 1 is 1.17 bits per heavy atom. The maximum Gasteiger partial charge on any atom is 0.308 e. The van der Waals surface area contributed by atoms with Gasteiger partial charge in [0.2, 0.25) is 5.91 Å². The van der Waals surface area contributed by atoms with Crippen LogP contribution in [-0.2, 0) is 21.5 Å². The predicted octanol–water partition coefficient (Wildman–Crippen LogP) is 3.45. The Balaban J connectivity index is 2.91. The van der Waals surface area contributed by atoms with E-state index in [-0.39, 0.29) is 17.4 Å². The maximum atomic E-state index is 12.5. The summed E-state index contributed by atoms with van der Waals surface area (Å²) in [5, 5.41) is 0. The van der Waals surface area contributed by atoms with Crippen molar-refractivity contribution in [2.45, 2.75) is 47.6 Å². The van der Waals surface area contributed by atoms with Gasteiger partial charge in [-0.2, -0.15) is 8.42 Å². The second kappa shape index (κ2) is 9.06. The van der Waals surface area contributed by atoms with Gasteiger partial charge < -0.3 is 9.08 Å². The van der Waals surface area contributed by atoms with E-state index in [4.69, 9.17) is 4.18 Å². The lowest BCUT2D eigenvalue weighted by Crippen LogP contribution is -2.34. The van der Waals surface area contributed by atoms with Crippen molar-refractivity contribution in [2.24, 2.45) is 11.8 Å². The number of rotatable bonds is 9. The minimum Gasteiger partial charge on any atom is -0.382 e. The maximum absolute atomic E-state index is 12.5. The van der Waals surface area contributed by atoms with Gasteiger partial charge in [0.1, 0.15) is 5.75 Å². The molecule has 0 spiro atoms. The summed E-state index contributed by atoms with van der Waals surface area (Å²) < 4.78 is 28.2. The number of hydrogen-bond acceptors (Lipinski definition) is 4. The molecular formula is C18H29NO4S. The molecule has 0 heterocycles. The molecule has 1 aromatic rings. The normalized spacial score (nSPS) is 11.8. The minimum absolute atomic E-state index is 0.0798. The molecular weight excluding hydrogens is 326 g/mol. The third-order valence-electron chi connectivity index (χ3n) is 3.37. The summed E-state index contributed by atoms with van der Waals surface area (Å²) in [6.45, 7) is 10.8. The van der Waals surface area contributed by atoms with Gasteiger partial charge in [0.05, 0.1) is 5.75 Å². The molecule has 0 saturated heterocycles. The fourth-order valence-electron chi connectivity index (χ4n) is 2.30. The van der Waals surface area contributed by atoms with E-state index >= 15 is 0 Å². The molecule has 0 bridgehead atoms.